The van der Waals surface area contributed by atoms with E-state index in [4.69, 9.17) is 0 Å². The van der Waals surface area contributed by atoms with Crippen LogP contribution in [0.5, 0.6) is 0 Å². The maximum atomic E-state index is 12.6. The number of aromatic nitrogens is 3. The highest BCUT2D eigenvalue weighted by atomic mass is 32.2. The van der Waals surface area contributed by atoms with Crippen LogP contribution in [0.3, 0.4) is 0 Å². The second-order valence-electron chi connectivity index (χ2n) is 6.35. The molecule has 0 fully saturated rings. The van der Waals surface area contributed by atoms with E-state index in [-0.39, 0.29) is 10.6 Å². The molecule has 0 amide bonds. The largest absolute Gasteiger partial charge is 0.390 e. The summed E-state index contributed by atoms with van der Waals surface area (Å²) in [5.41, 5.74) is -0.483. The number of hydrogen-bond acceptors (Lipinski definition) is 5. The Morgan fingerprint density at radius 3 is 2.36 bits per heavy atom. The van der Waals surface area contributed by atoms with Crippen LogP contribution in [0.25, 0.3) is 0 Å². The molecule has 0 aliphatic heterocycles. The van der Waals surface area contributed by atoms with Crippen LogP contribution in [0.15, 0.2) is 47.9 Å². The SMILES string of the molecule is CC(C)(C)C(O)C(CS(=O)(=O)c1ccccc1)n1cncn1. The van der Waals surface area contributed by atoms with E-state index in [1.807, 2.05) is 20.8 Å². The van der Waals surface area contributed by atoms with Gasteiger partial charge < -0.3 is 5.11 Å². The predicted molar refractivity (Wildman–Crippen MR) is 83.0 cm³/mol. The van der Waals surface area contributed by atoms with Gasteiger partial charge in [-0.05, 0) is 17.5 Å². The molecule has 1 aromatic heterocycles. The molecule has 0 saturated heterocycles. The Bertz CT molecular complexity index is 691. The molecule has 2 rings (SSSR count). The number of sulfone groups is 1. The first-order valence-corrected chi connectivity index (χ1v) is 8.67. The van der Waals surface area contributed by atoms with E-state index < -0.39 is 27.4 Å². The Balaban J connectivity index is 2.36. The van der Waals surface area contributed by atoms with E-state index in [1.165, 1.54) is 17.3 Å². The van der Waals surface area contributed by atoms with Crippen LogP contribution in [0.2, 0.25) is 0 Å². The lowest BCUT2D eigenvalue weighted by Crippen LogP contribution is -2.39. The van der Waals surface area contributed by atoms with E-state index in [9.17, 15) is 13.5 Å². The van der Waals surface area contributed by atoms with E-state index in [2.05, 4.69) is 10.1 Å². The third kappa shape index (κ3) is 3.72. The molecule has 7 heteroatoms. The number of aliphatic hydroxyl groups is 1. The fourth-order valence-electron chi connectivity index (χ4n) is 2.23. The van der Waals surface area contributed by atoms with E-state index in [1.54, 1.807) is 30.3 Å². The van der Waals surface area contributed by atoms with Gasteiger partial charge in [0.2, 0.25) is 0 Å². The van der Waals surface area contributed by atoms with Gasteiger partial charge in [0.1, 0.15) is 12.7 Å². The molecule has 0 spiro atoms. The Labute approximate surface area is 130 Å². The zero-order valence-corrected chi connectivity index (χ0v) is 13.7. The summed E-state index contributed by atoms with van der Waals surface area (Å²) in [5.74, 6) is -0.237. The second-order valence-corrected chi connectivity index (χ2v) is 8.38. The van der Waals surface area contributed by atoms with Crippen LogP contribution in [-0.2, 0) is 9.84 Å². The molecule has 120 valence electrons. The minimum Gasteiger partial charge on any atom is -0.390 e. The lowest BCUT2D eigenvalue weighted by molar-refractivity contribution is 0.0199. The van der Waals surface area contributed by atoms with Gasteiger partial charge in [-0.3, -0.25) is 0 Å². The molecule has 22 heavy (non-hydrogen) atoms. The molecule has 0 saturated carbocycles. The summed E-state index contributed by atoms with van der Waals surface area (Å²) < 4.78 is 26.6. The Morgan fingerprint density at radius 1 is 1.23 bits per heavy atom. The first-order chi connectivity index (χ1) is 10.2. The van der Waals surface area contributed by atoms with Crippen molar-refractivity contribution < 1.29 is 13.5 Å². The van der Waals surface area contributed by atoms with Crippen LogP contribution in [0.4, 0.5) is 0 Å². The molecule has 2 atom stereocenters. The van der Waals surface area contributed by atoms with Crippen molar-refractivity contribution in [1.29, 1.82) is 0 Å². The van der Waals surface area contributed by atoms with Gasteiger partial charge in [-0.1, -0.05) is 39.0 Å². The summed E-state index contributed by atoms with van der Waals surface area (Å²) >= 11 is 0. The molecule has 6 nitrogen and oxygen atoms in total. The molecular weight excluding hydrogens is 302 g/mol. The maximum Gasteiger partial charge on any atom is 0.180 e. The van der Waals surface area contributed by atoms with Gasteiger partial charge in [0.25, 0.3) is 0 Å². The minimum absolute atomic E-state index is 0.237. The summed E-state index contributed by atoms with van der Waals surface area (Å²) in [6.45, 7) is 5.57. The first kappa shape index (κ1) is 16.6. The Morgan fingerprint density at radius 2 is 1.86 bits per heavy atom. The van der Waals surface area contributed by atoms with Crippen molar-refractivity contribution >= 4 is 9.84 Å². The van der Waals surface area contributed by atoms with Crippen LogP contribution in [-0.4, -0.2) is 40.1 Å². The zero-order valence-electron chi connectivity index (χ0n) is 12.9. The predicted octanol–water partition coefficient (Wildman–Crippen LogP) is 1.70. The number of nitrogens with zero attached hydrogens (tertiary/aromatic N) is 3. The fraction of sp³-hybridized carbons (Fsp3) is 0.467. The van der Waals surface area contributed by atoms with Crippen molar-refractivity contribution in [2.45, 2.75) is 37.8 Å². The lowest BCUT2D eigenvalue weighted by atomic mass is 9.85. The molecule has 0 aliphatic carbocycles. The summed E-state index contributed by atoms with van der Waals surface area (Å²) in [6.07, 6.45) is 1.88. The molecule has 1 heterocycles. The van der Waals surface area contributed by atoms with Crippen molar-refractivity contribution in [3.05, 3.63) is 43.0 Å². The topological polar surface area (TPSA) is 85.1 Å². The summed E-state index contributed by atoms with van der Waals surface area (Å²) in [7, 11) is -3.54. The van der Waals surface area contributed by atoms with Gasteiger partial charge in [-0.25, -0.2) is 18.1 Å². The van der Waals surface area contributed by atoms with Gasteiger partial charge >= 0.3 is 0 Å². The smallest absolute Gasteiger partial charge is 0.180 e. The maximum absolute atomic E-state index is 12.6. The normalized spacial score (nSPS) is 15.5. The van der Waals surface area contributed by atoms with E-state index in [0.29, 0.717) is 0 Å². The van der Waals surface area contributed by atoms with Crippen molar-refractivity contribution in [2.24, 2.45) is 5.41 Å². The zero-order chi connectivity index (χ0) is 16.4. The van der Waals surface area contributed by atoms with E-state index >= 15 is 0 Å². The fourth-order valence-corrected chi connectivity index (χ4v) is 3.78. The Kier molecular flexibility index (Phi) is 4.67. The van der Waals surface area contributed by atoms with Gasteiger partial charge in [-0.2, -0.15) is 5.10 Å². The molecule has 2 unspecified atom stereocenters. The number of aliphatic hydroxyl groups excluding tert-OH is 1. The van der Waals surface area contributed by atoms with Crippen LogP contribution in [0.1, 0.15) is 26.8 Å². The molecule has 1 aromatic carbocycles. The Hall–Kier alpha value is -1.73. The average Bonchev–Trinajstić information content (AvgIpc) is 2.98. The standard InChI is InChI=1S/C15H21N3O3S/c1-15(2,3)14(19)13(18-11-16-10-17-18)9-22(20,21)12-7-5-4-6-8-12/h4-8,10-11,13-14,19H,9H2,1-3H3. The third-order valence-corrected chi connectivity index (χ3v) is 5.29. The lowest BCUT2D eigenvalue weighted by Gasteiger charge is -2.32. The highest BCUT2D eigenvalue weighted by Crippen LogP contribution is 2.30. The van der Waals surface area contributed by atoms with Crippen molar-refractivity contribution in [3.8, 4) is 0 Å². The molecule has 2 aromatic rings. The first-order valence-electron chi connectivity index (χ1n) is 7.02. The monoisotopic (exact) mass is 323 g/mol. The van der Waals surface area contributed by atoms with Gasteiger partial charge in [0, 0.05) is 0 Å². The van der Waals surface area contributed by atoms with Crippen molar-refractivity contribution in [2.75, 3.05) is 5.75 Å². The highest BCUT2D eigenvalue weighted by Gasteiger charge is 2.35. The molecular formula is C15H21N3O3S. The number of hydrogen-bond donors (Lipinski definition) is 1. The highest BCUT2D eigenvalue weighted by molar-refractivity contribution is 7.91. The molecule has 0 aliphatic rings. The molecule has 1 N–H and O–H groups in total. The summed E-state index contributed by atoms with van der Waals surface area (Å²) in [4.78, 5) is 4.09. The van der Waals surface area contributed by atoms with Crippen LogP contribution >= 0.6 is 0 Å². The van der Waals surface area contributed by atoms with Gasteiger partial charge in [0.15, 0.2) is 9.84 Å². The number of rotatable bonds is 5. The molecule has 0 bridgehead atoms. The van der Waals surface area contributed by atoms with E-state index in [0.717, 1.165) is 0 Å². The van der Waals surface area contributed by atoms with Gasteiger partial charge in [0.05, 0.1) is 22.8 Å². The quantitative estimate of drug-likeness (QED) is 0.905. The summed E-state index contributed by atoms with van der Waals surface area (Å²) in [5, 5.41) is 14.6. The average molecular weight is 323 g/mol. The van der Waals surface area contributed by atoms with Gasteiger partial charge in [-0.15, -0.1) is 0 Å². The third-order valence-electron chi connectivity index (χ3n) is 3.52. The number of benzene rings is 1. The van der Waals surface area contributed by atoms with Crippen LogP contribution in [0, 0.1) is 5.41 Å². The second kappa shape index (κ2) is 6.18. The van der Waals surface area contributed by atoms with Crippen molar-refractivity contribution in [3.63, 3.8) is 0 Å². The van der Waals surface area contributed by atoms with Crippen LogP contribution < -0.4 is 0 Å². The molecule has 0 radical (unpaired) electrons. The minimum atomic E-state index is -3.54. The summed E-state index contributed by atoms with van der Waals surface area (Å²) in [6, 6.07) is 7.52. The van der Waals surface area contributed by atoms with Crippen molar-refractivity contribution in [1.82, 2.24) is 14.8 Å².